The molecule has 0 unspecified atom stereocenters. The van der Waals surface area contributed by atoms with Gasteiger partial charge in [-0.1, -0.05) is 6.07 Å². The van der Waals surface area contributed by atoms with Gasteiger partial charge in [0, 0.05) is 25.9 Å². The van der Waals surface area contributed by atoms with E-state index in [1.165, 1.54) is 0 Å². The third kappa shape index (κ3) is 4.90. The minimum absolute atomic E-state index is 0. The minimum atomic E-state index is 0. The molecule has 0 bridgehead atoms. The summed E-state index contributed by atoms with van der Waals surface area (Å²) < 4.78 is 11.2. The second kappa shape index (κ2) is 8.66. The maximum atomic E-state index is 11.5. The van der Waals surface area contributed by atoms with Crippen LogP contribution in [-0.2, 0) is 11.3 Å². The molecule has 0 aromatic heterocycles. The van der Waals surface area contributed by atoms with Crippen LogP contribution in [0.25, 0.3) is 0 Å². The number of hydrogen-bond acceptors (Lipinski definition) is 4. The number of amides is 1. The summed E-state index contributed by atoms with van der Waals surface area (Å²) in [7, 11) is 1.83. The molecule has 2 N–H and O–H groups in total. The van der Waals surface area contributed by atoms with Gasteiger partial charge in [0.25, 0.3) is 0 Å². The lowest BCUT2D eigenvalue weighted by Crippen LogP contribution is -2.26. The molecule has 1 aliphatic rings. The SMILES string of the molecule is CNCCC(=O)NCc1ccc2c(c1)OCCCO2.Cl. The first kappa shape index (κ1) is 16.6. The van der Waals surface area contributed by atoms with Crippen molar-refractivity contribution in [3.8, 4) is 11.5 Å². The van der Waals surface area contributed by atoms with Gasteiger partial charge in [-0.05, 0) is 24.7 Å². The van der Waals surface area contributed by atoms with Crippen molar-refractivity contribution in [1.29, 1.82) is 0 Å². The molecule has 1 amide bonds. The number of carbonyl (C=O) groups is 1. The maximum absolute atomic E-state index is 11.5. The fraction of sp³-hybridized carbons (Fsp3) is 0.500. The molecule has 1 aliphatic heterocycles. The van der Waals surface area contributed by atoms with E-state index in [1.807, 2.05) is 25.2 Å². The summed E-state index contributed by atoms with van der Waals surface area (Å²) >= 11 is 0. The molecule has 112 valence electrons. The lowest BCUT2D eigenvalue weighted by molar-refractivity contribution is -0.121. The first-order valence-electron chi connectivity index (χ1n) is 6.59. The number of carbonyl (C=O) groups excluding carboxylic acids is 1. The van der Waals surface area contributed by atoms with Crippen LogP contribution < -0.4 is 20.1 Å². The van der Waals surface area contributed by atoms with Gasteiger partial charge < -0.3 is 20.1 Å². The number of hydrogen-bond donors (Lipinski definition) is 2. The van der Waals surface area contributed by atoms with E-state index in [9.17, 15) is 4.79 Å². The zero-order valence-corrected chi connectivity index (χ0v) is 12.4. The molecule has 2 rings (SSSR count). The monoisotopic (exact) mass is 300 g/mol. The van der Waals surface area contributed by atoms with Crippen LogP contribution in [0.5, 0.6) is 11.5 Å². The highest BCUT2D eigenvalue weighted by Gasteiger charge is 2.10. The number of nitrogens with one attached hydrogen (secondary N) is 2. The molecular weight excluding hydrogens is 280 g/mol. The van der Waals surface area contributed by atoms with E-state index in [2.05, 4.69) is 10.6 Å². The summed E-state index contributed by atoms with van der Waals surface area (Å²) in [5.74, 6) is 1.59. The zero-order valence-electron chi connectivity index (χ0n) is 11.6. The average Bonchev–Trinajstić information content (AvgIpc) is 2.67. The molecule has 0 aliphatic carbocycles. The maximum Gasteiger partial charge on any atom is 0.221 e. The minimum Gasteiger partial charge on any atom is -0.490 e. The van der Waals surface area contributed by atoms with Crippen LogP contribution in [0.1, 0.15) is 18.4 Å². The Kier molecular flexibility index (Phi) is 7.18. The highest BCUT2D eigenvalue weighted by Crippen LogP contribution is 2.30. The summed E-state index contributed by atoms with van der Waals surface area (Å²) in [6, 6.07) is 5.78. The lowest BCUT2D eigenvalue weighted by Gasteiger charge is -2.10. The zero-order chi connectivity index (χ0) is 13.5. The Morgan fingerprint density at radius 2 is 2.00 bits per heavy atom. The van der Waals surface area contributed by atoms with Crippen LogP contribution in [0.3, 0.4) is 0 Å². The van der Waals surface area contributed by atoms with Crippen molar-refractivity contribution in [2.75, 3.05) is 26.8 Å². The summed E-state index contributed by atoms with van der Waals surface area (Å²) in [6.45, 7) is 2.56. The molecule has 5 nitrogen and oxygen atoms in total. The highest BCUT2D eigenvalue weighted by molar-refractivity contribution is 5.85. The van der Waals surface area contributed by atoms with Crippen LogP contribution in [-0.4, -0.2) is 32.7 Å². The van der Waals surface area contributed by atoms with Gasteiger partial charge in [0.15, 0.2) is 11.5 Å². The first-order valence-corrected chi connectivity index (χ1v) is 6.59. The summed E-state index contributed by atoms with van der Waals surface area (Å²) in [4.78, 5) is 11.5. The van der Waals surface area contributed by atoms with Crippen LogP contribution in [0.2, 0.25) is 0 Å². The molecule has 0 atom stereocenters. The molecule has 1 heterocycles. The second-order valence-electron chi connectivity index (χ2n) is 4.46. The lowest BCUT2D eigenvalue weighted by atomic mass is 10.2. The molecule has 0 saturated heterocycles. The van der Waals surface area contributed by atoms with Gasteiger partial charge in [0.05, 0.1) is 13.2 Å². The van der Waals surface area contributed by atoms with E-state index in [4.69, 9.17) is 9.47 Å². The Morgan fingerprint density at radius 1 is 1.25 bits per heavy atom. The Morgan fingerprint density at radius 3 is 2.75 bits per heavy atom. The summed E-state index contributed by atoms with van der Waals surface area (Å²) in [5.41, 5.74) is 1.02. The van der Waals surface area contributed by atoms with E-state index < -0.39 is 0 Å². The van der Waals surface area contributed by atoms with Gasteiger partial charge in [-0.25, -0.2) is 0 Å². The van der Waals surface area contributed by atoms with Crippen LogP contribution in [0, 0.1) is 0 Å². The molecular formula is C14H21ClN2O3. The van der Waals surface area contributed by atoms with E-state index >= 15 is 0 Å². The van der Waals surface area contributed by atoms with Crippen LogP contribution in [0.15, 0.2) is 18.2 Å². The number of rotatable bonds is 5. The number of halogens is 1. The van der Waals surface area contributed by atoms with Crippen molar-refractivity contribution in [3.63, 3.8) is 0 Å². The predicted molar refractivity (Wildman–Crippen MR) is 79.7 cm³/mol. The normalized spacial score (nSPS) is 13.1. The summed E-state index contributed by atoms with van der Waals surface area (Å²) in [5, 5.41) is 5.83. The van der Waals surface area contributed by atoms with Crippen molar-refractivity contribution in [2.45, 2.75) is 19.4 Å². The van der Waals surface area contributed by atoms with Gasteiger partial charge in [0.2, 0.25) is 5.91 Å². The smallest absolute Gasteiger partial charge is 0.221 e. The molecule has 6 heteroatoms. The van der Waals surface area contributed by atoms with Crippen molar-refractivity contribution in [1.82, 2.24) is 10.6 Å². The molecule has 0 saturated carbocycles. The number of ether oxygens (including phenoxy) is 2. The van der Waals surface area contributed by atoms with Gasteiger partial charge >= 0.3 is 0 Å². The molecule has 0 fully saturated rings. The average molecular weight is 301 g/mol. The van der Waals surface area contributed by atoms with Crippen molar-refractivity contribution >= 4 is 18.3 Å². The van der Waals surface area contributed by atoms with Gasteiger partial charge in [-0.3, -0.25) is 4.79 Å². The highest BCUT2D eigenvalue weighted by atomic mass is 35.5. The Labute approximate surface area is 125 Å². The van der Waals surface area contributed by atoms with E-state index in [0.717, 1.165) is 23.5 Å². The van der Waals surface area contributed by atoms with Crippen molar-refractivity contribution < 1.29 is 14.3 Å². The molecule has 0 spiro atoms. The fourth-order valence-electron chi connectivity index (χ4n) is 1.85. The van der Waals surface area contributed by atoms with Gasteiger partial charge in [-0.15, -0.1) is 12.4 Å². The Hall–Kier alpha value is -1.46. The quantitative estimate of drug-likeness (QED) is 0.865. The molecule has 20 heavy (non-hydrogen) atoms. The third-order valence-electron chi connectivity index (χ3n) is 2.90. The standard InChI is InChI=1S/C14H20N2O3.ClH/c1-15-6-5-14(17)16-10-11-3-4-12-13(9-11)19-8-2-7-18-12;/h3-4,9,15H,2,5-8,10H2,1H3,(H,16,17);1H. The van der Waals surface area contributed by atoms with Crippen molar-refractivity contribution in [3.05, 3.63) is 23.8 Å². The Bertz CT molecular complexity index is 440. The fourth-order valence-corrected chi connectivity index (χ4v) is 1.85. The second-order valence-corrected chi connectivity index (χ2v) is 4.46. The summed E-state index contributed by atoms with van der Waals surface area (Å²) in [6.07, 6.45) is 1.38. The van der Waals surface area contributed by atoms with E-state index in [-0.39, 0.29) is 18.3 Å². The van der Waals surface area contributed by atoms with Crippen molar-refractivity contribution in [2.24, 2.45) is 0 Å². The largest absolute Gasteiger partial charge is 0.490 e. The van der Waals surface area contributed by atoms with E-state index in [1.54, 1.807) is 0 Å². The topological polar surface area (TPSA) is 59.6 Å². The third-order valence-corrected chi connectivity index (χ3v) is 2.90. The number of fused-ring (bicyclic) bond motifs is 1. The predicted octanol–water partition coefficient (Wildman–Crippen LogP) is 1.50. The van der Waals surface area contributed by atoms with Crippen LogP contribution >= 0.6 is 12.4 Å². The number of benzene rings is 1. The first-order chi connectivity index (χ1) is 9.29. The van der Waals surface area contributed by atoms with Gasteiger partial charge in [-0.2, -0.15) is 0 Å². The van der Waals surface area contributed by atoms with E-state index in [0.29, 0.717) is 32.7 Å². The van der Waals surface area contributed by atoms with Gasteiger partial charge in [0.1, 0.15) is 0 Å². The Balaban J connectivity index is 0.00000200. The molecule has 1 aromatic carbocycles. The molecule has 0 radical (unpaired) electrons. The molecule has 1 aromatic rings. The van der Waals surface area contributed by atoms with Crippen LogP contribution in [0.4, 0.5) is 0 Å².